The molecule has 3 N–H and O–H groups in total. The van der Waals surface area contributed by atoms with E-state index in [-0.39, 0.29) is 42.9 Å². The van der Waals surface area contributed by atoms with Crippen LogP contribution in [0.4, 0.5) is 24.5 Å². The smallest absolute Gasteiger partial charge is 0.251 e. The van der Waals surface area contributed by atoms with Crippen LogP contribution in [0.5, 0.6) is 0 Å². The Kier molecular flexibility index (Phi) is 7.28. The van der Waals surface area contributed by atoms with E-state index in [0.29, 0.717) is 33.3 Å². The molecule has 1 atom stereocenters. The number of piperidine rings is 2. The lowest BCUT2D eigenvalue weighted by Crippen LogP contribution is -2.40. The molecule has 1 unspecified atom stereocenters. The van der Waals surface area contributed by atoms with Gasteiger partial charge in [0.1, 0.15) is 16.6 Å². The molecular weight excluding hydrogens is 607 g/mol. The highest BCUT2D eigenvalue weighted by molar-refractivity contribution is 7.89. The number of halogens is 3. The molecule has 2 aromatic heterocycles. The zero-order valence-corrected chi connectivity index (χ0v) is 25.4. The predicted octanol–water partition coefficient (Wildman–Crippen LogP) is 4.56. The van der Waals surface area contributed by atoms with Crippen molar-refractivity contribution in [1.82, 2.24) is 20.0 Å². The first-order valence-electron chi connectivity index (χ1n) is 15.1. The first-order chi connectivity index (χ1) is 21.5. The van der Waals surface area contributed by atoms with Gasteiger partial charge in [-0.2, -0.15) is 0 Å². The summed E-state index contributed by atoms with van der Waals surface area (Å²) in [5, 5.41) is 23.3. The molecule has 1 saturated carbocycles. The number of anilines is 2. The Labute approximate surface area is 258 Å². The molecule has 2 aliphatic heterocycles. The van der Waals surface area contributed by atoms with Gasteiger partial charge in [-0.3, -0.25) is 4.98 Å². The van der Waals surface area contributed by atoms with Gasteiger partial charge >= 0.3 is 0 Å². The molecule has 3 aliphatic rings. The van der Waals surface area contributed by atoms with E-state index < -0.39 is 33.6 Å². The minimum Gasteiger partial charge on any atom is -0.395 e. The third-order valence-electron chi connectivity index (χ3n) is 9.69. The summed E-state index contributed by atoms with van der Waals surface area (Å²) in [4.78, 5) is 8.18. The summed E-state index contributed by atoms with van der Waals surface area (Å²) < 4.78 is 70.3. The molecule has 45 heavy (non-hydrogen) atoms. The van der Waals surface area contributed by atoms with Crippen LogP contribution in [0, 0.1) is 11.2 Å². The van der Waals surface area contributed by atoms with Gasteiger partial charge in [0, 0.05) is 56.2 Å². The van der Waals surface area contributed by atoms with E-state index in [1.807, 2.05) is 0 Å². The number of benzene rings is 2. The van der Waals surface area contributed by atoms with Gasteiger partial charge in [0.15, 0.2) is 5.82 Å². The first-order valence-corrected chi connectivity index (χ1v) is 16.7. The summed E-state index contributed by atoms with van der Waals surface area (Å²) in [6.07, 6.45) is 6.86. The number of sulfonamides is 1. The molecule has 10 nitrogen and oxygen atoms in total. The average molecular weight is 642 g/mol. The maximum Gasteiger partial charge on any atom is 0.251 e. The third kappa shape index (κ3) is 5.63. The van der Waals surface area contributed by atoms with E-state index in [1.165, 1.54) is 17.5 Å². The van der Waals surface area contributed by atoms with Crippen molar-refractivity contribution >= 4 is 32.3 Å². The number of hydrogen-bond acceptors (Lipinski definition) is 8. The number of primary sulfonamides is 1. The Morgan fingerprint density at radius 3 is 2.33 bits per heavy atom. The van der Waals surface area contributed by atoms with Gasteiger partial charge in [0.05, 0.1) is 29.7 Å². The van der Waals surface area contributed by atoms with Crippen molar-refractivity contribution in [2.45, 2.75) is 49.7 Å². The van der Waals surface area contributed by atoms with Crippen molar-refractivity contribution < 1.29 is 26.7 Å². The van der Waals surface area contributed by atoms with Crippen molar-refractivity contribution in [1.29, 1.82) is 0 Å². The second-order valence-electron chi connectivity index (χ2n) is 12.5. The van der Waals surface area contributed by atoms with Crippen molar-refractivity contribution in [3.8, 4) is 16.9 Å². The number of aliphatic hydroxyl groups is 1. The number of fused-ring (bicyclic) bond motifs is 1. The summed E-state index contributed by atoms with van der Waals surface area (Å²) in [7, 11) is -4.07. The molecule has 14 heteroatoms. The number of nitrogens with two attached hydrogens (primary N) is 1. The normalized spacial score (nSPS) is 20.1. The highest BCUT2D eigenvalue weighted by atomic mass is 32.2. The Hall–Kier alpha value is -3.75. The highest BCUT2D eigenvalue weighted by Crippen LogP contribution is 2.54. The fourth-order valence-electron chi connectivity index (χ4n) is 6.71. The second kappa shape index (κ2) is 11.0. The SMILES string of the molecule is NS(=O)(=O)C(CO)c1ccc(-n2cc(-c3cc4cccnc4c(N4CCC(F)(F)CC4)c3F)nn2)c(N2CCC3(CC2)CC3)c1. The summed E-state index contributed by atoms with van der Waals surface area (Å²) in [6.45, 7) is 0.850. The third-order valence-corrected chi connectivity index (χ3v) is 10.9. The van der Waals surface area contributed by atoms with Crippen molar-refractivity contribution in [2.75, 3.05) is 42.6 Å². The van der Waals surface area contributed by atoms with Crippen LogP contribution >= 0.6 is 0 Å². The molecule has 4 heterocycles. The zero-order valence-electron chi connectivity index (χ0n) is 24.5. The fraction of sp³-hybridized carbons (Fsp3) is 0.452. The topological polar surface area (TPSA) is 130 Å². The summed E-state index contributed by atoms with van der Waals surface area (Å²) in [6, 6.07) is 10.2. The maximum atomic E-state index is 16.4. The average Bonchev–Trinajstić information content (AvgIpc) is 3.58. The molecule has 0 bridgehead atoms. The minimum atomic E-state index is -4.07. The lowest BCUT2D eigenvalue weighted by atomic mass is 9.93. The molecule has 3 fully saturated rings. The van der Waals surface area contributed by atoms with Crippen LogP contribution in [0.25, 0.3) is 27.8 Å². The van der Waals surface area contributed by atoms with Crippen molar-refractivity contribution in [2.24, 2.45) is 10.6 Å². The molecule has 1 spiro atoms. The van der Waals surface area contributed by atoms with Gasteiger partial charge in [0.2, 0.25) is 10.0 Å². The van der Waals surface area contributed by atoms with Crippen LogP contribution in [0.15, 0.2) is 48.8 Å². The second-order valence-corrected chi connectivity index (χ2v) is 14.3. The summed E-state index contributed by atoms with van der Waals surface area (Å²) in [5.41, 5.74) is 3.03. The molecule has 2 aromatic carbocycles. The highest BCUT2D eigenvalue weighted by Gasteiger charge is 2.45. The fourth-order valence-corrected chi connectivity index (χ4v) is 7.44. The summed E-state index contributed by atoms with van der Waals surface area (Å²) >= 11 is 0. The number of rotatable bonds is 7. The Morgan fingerprint density at radius 2 is 1.67 bits per heavy atom. The minimum absolute atomic E-state index is 0.00801. The molecule has 238 valence electrons. The molecule has 1 aliphatic carbocycles. The standard InChI is InChI=1S/C31H34F3N7O3S/c32-27-22(16-21-2-1-11-36-28(21)29(27)40-14-9-31(33,34)10-15-40)23-18-41(38-37-23)24-4-3-20(26(19-42)45(35,43)44)17-25(24)39-12-7-30(5-6-30)8-13-39/h1-4,11,16-18,26,42H,5-10,12-15,19H2,(H2,35,43,44). The Balaban J connectivity index is 1.29. The van der Waals surface area contributed by atoms with Crippen LogP contribution in [-0.4, -0.2) is 72.2 Å². The van der Waals surface area contributed by atoms with Gasteiger partial charge in [-0.05, 0) is 60.9 Å². The monoisotopic (exact) mass is 641 g/mol. The van der Waals surface area contributed by atoms with E-state index in [2.05, 4.69) is 20.2 Å². The van der Waals surface area contributed by atoms with E-state index >= 15 is 4.39 Å². The Morgan fingerprint density at radius 1 is 0.956 bits per heavy atom. The van der Waals surface area contributed by atoms with Crippen LogP contribution in [0.1, 0.15) is 49.3 Å². The number of aliphatic hydroxyl groups excluding tert-OH is 1. The van der Waals surface area contributed by atoms with Crippen LogP contribution in [0.2, 0.25) is 0 Å². The Bertz CT molecular complexity index is 1860. The number of pyridine rings is 1. The number of aromatic nitrogens is 4. The lowest BCUT2D eigenvalue weighted by Gasteiger charge is -2.35. The van der Waals surface area contributed by atoms with Gasteiger partial charge in [0.25, 0.3) is 5.92 Å². The van der Waals surface area contributed by atoms with Crippen LogP contribution in [0.3, 0.4) is 0 Å². The van der Waals surface area contributed by atoms with Gasteiger partial charge in [-0.15, -0.1) is 5.10 Å². The van der Waals surface area contributed by atoms with Crippen LogP contribution in [-0.2, 0) is 10.0 Å². The quantitative estimate of drug-likeness (QED) is 0.301. The van der Waals surface area contributed by atoms with Crippen molar-refractivity contribution in [3.05, 3.63) is 60.2 Å². The van der Waals surface area contributed by atoms with Crippen molar-refractivity contribution in [3.63, 3.8) is 0 Å². The van der Waals surface area contributed by atoms with E-state index in [1.54, 1.807) is 53.7 Å². The van der Waals surface area contributed by atoms with Gasteiger partial charge in [-0.1, -0.05) is 17.3 Å². The maximum absolute atomic E-state index is 16.4. The predicted molar refractivity (Wildman–Crippen MR) is 164 cm³/mol. The molecule has 0 radical (unpaired) electrons. The first kappa shape index (κ1) is 29.9. The number of nitrogens with zero attached hydrogens (tertiary/aromatic N) is 6. The largest absolute Gasteiger partial charge is 0.395 e. The van der Waals surface area contributed by atoms with Crippen LogP contribution < -0.4 is 14.9 Å². The molecule has 0 amide bonds. The van der Waals surface area contributed by atoms with Gasteiger partial charge < -0.3 is 14.9 Å². The number of alkyl halides is 2. The van der Waals surface area contributed by atoms with E-state index in [4.69, 9.17) is 5.14 Å². The number of hydrogen-bond donors (Lipinski definition) is 2. The molecule has 4 aromatic rings. The summed E-state index contributed by atoms with van der Waals surface area (Å²) in [5.74, 6) is -3.40. The molecular formula is C31H34F3N7O3S. The van der Waals surface area contributed by atoms with E-state index in [9.17, 15) is 22.3 Å². The lowest BCUT2D eigenvalue weighted by molar-refractivity contribution is -0.0221. The zero-order chi connectivity index (χ0) is 31.6. The molecule has 7 rings (SSSR count). The molecule has 2 saturated heterocycles. The van der Waals surface area contributed by atoms with E-state index in [0.717, 1.165) is 25.9 Å². The van der Waals surface area contributed by atoms with Gasteiger partial charge in [-0.25, -0.2) is 31.4 Å².